The van der Waals surface area contributed by atoms with E-state index in [4.69, 9.17) is 0 Å². The third kappa shape index (κ3) is 3.79. The van der Waals surface area contributed by atoms with E-state index in [0.717, 1.165) is 24.1 Å². The molecular weight excluding hydrogens is 290 g/mol. The Morgan fingerprint density at radius 1 is 1.52 bits per heavy atom. The normalized spacial score (nSPS) is 19.6. The van der Waals surface area contributed by atoms with E-state index in [0.29, 0.717) is 13.1 Å². The number of pyridine rings is 1. The molecule has 0 aromatic carbocycles. The number of carbonyl (C=O) groups is 1. The summed E-state index contributed by atoms with van der Waals surface area (Å²) >= 11 is 0. The molecule has 1 unspecified atom stereocenters. The van der Waals surface area contributed by atoms with E-state index in [9.17, 15) is 13.2 Å². The van der Waals surface area contributed by atoms with Crippen LogP contribution in [0.1, 0.15) is 44.0 Å². The lowest BCUT2D eigenvalue weighted by Crippen LogP contribution is -2.32. The smallest absolute Gasteiger partial charge is 0.217 e. The Balaban J connectivity index is 2.21. The SMILES string of the molecule is CCS(=O)(=O)N1CCCC1c1ccnc(CNC(C)=O)c1. The summed E-state index contributed by atoms with van der Waals surface area (Å²) in [6.07, 6.45) is 3.36. The Kier molecular flexibility index (Phi) is 4.95. The van der Waals surface area contributed by atoms with Crippen LogP contribution < -0.4 is 5.32 Å². The first-order valence-electron chi connectivity index (χ1n) is 7.13. The number of amides is 1. The average Bonchev–Trinajstić information content (AvgIpc) is 2.95. The summed E-state index contributed by atoms with van der Waals surface area (Å²) in [7, 11) is -3.19. The van der Waals surface area contributed by atoms with Crippen LogP contribution in [0.15, 0.2) is 18.3 Å². The maximum absolute atomic E-state index is 12.1. The highest BCUT2D eigenvalue weighted by Gasteiger charge is 2.34. The van der Waals surface area contributed by atoms with Crippen molar-refractivity contribution < 1.29 is 13.2 Å². The Morgan fingerprint density at radius 3 is 2.95 bits per heavy atom. The van der Waals surface area contributed by atoms with Crippen molar-refractivity contribution in [3.63, 3.8) is 0 Å². The summed E-state index contributed by atoms with van der Waals surface area (Å²) in [5, 5.41) is 2.70. The summed E-state index contributed by atoms with van der Waals surface area (Å²) in [4.78, 5) is 15.2. The van der Waals surface area contributed by atoms with Crippen LogP contribution in [0.2, 0.25) is 0 Å². The zero-order chi connectivity index (χ0) is 15.5. The molecule has 0 bridgehead atoms. The average molecular weight is 311 g/mol. The molecule has 21 heavy (non-hydrogen) atoms. The fraction of sp³-hybridized carbons (Fsp3) is 0.571. The molecule has 1 aliphatic heterocycles. The van der Waals surface area contributed by atoms with Crippen LogP contribution in [0.5, 0.6) is 0 Å². The van der Waals surface area contributed by atoms with Gasteiger partial charge in [0.2, 0.25) is 15.9 Å². The summed E-state index contributed by atoms with van der Waals surface area (Å²) in [5.74, 6) is 0.00566. The maximum Gasteiger partial charge on any atom is 0.217 e. The van der Waals surface area contributed by atoms with Crippen LogP contribution in [0, 0.1) is 0 Å². The molecule has 2 rings (SSSR count). The number of hydrogen-bond acceptors (Lipinski definition) is 4. The van der Waals surface area contributed by atoms with Crippen molar-refractivity contribution >= 4 is 15.9 Å². The molecule has 1 amide bonds. The lowest BCUT2D eigenvalue weighted by Gasteiger charge is -2.24. The minimum absolute atomic E-state index is 0.113. The molecule has 0 radical (unpaired) electrons. The fourth-order valence-corrected chi connectivity index (χ4v) is 3.94. The first-order valence-corrected chi connectivity index (χ1v) is 8.73. The molecule has 1 saturated heterocycles. The molecule has 0 aliphatic carbocycles. The second kappa shape index (κ2) is 6.53. The van der Waals surface area contributed by atoms with Crippen molar-refractivity contribution in [2.75, 3.05) is 12.3 Å². The second-order valence-electron chi connectivity index (χ2n) is 5.16. The van der Waals surface area contributed by atoms with E-state index in [1.165, 1.54) is 6.92 Å². The molecule has 1 N–H and O–H groups in total. The highest BCUT2D eigenvalue weighted by molar-refractivity contribution is 7.89. The van der Waals surface area contributed by atoms with Gasteiger partial charge in [0.15, 0.2) is 0 Å². The molecule has 0 saturated carbocycles. The second-order valence-corrected chi connectivity index (χ2v) is 7.37. The number of carbonyl (C=O) groups excluding carboxylic acids is 1. The van der Waals surface area contributed by atoms with Crippen LogP contribution in [0.4, 0.5) is 0 Å². The molecule has 116 valence electrons. The van der Waals surface area contributed by atoms with E-state index < -0.39 is 10.0 Å². The summed E-state index contributed by atoms with van der Waals surface area (Å²) in [5.41, 5.74) is 1.68. The van der Waals surface area contributed by atoms with Gasteiger partial charge in [-0.05, 0) is 37.5 Å². The Morgan fingerprint density at radius 2 is 2.29 bits per heavy atom. The predicted molar refractivity (Wildman–Crippen MR) is 79.9 cm³/mol. The van der Waals surface area contributed by atoms with Crippen molar-refractivity contribution in [1.29, 1.82) is 0 Å². The first kappa shape index (κ1) is 15.9. The largest absolute Gasteiger partial charge is 0.351 e. The molecule has 2 heterocycles. The molecule has 0 spiro atoms. The van der Waals surface area contributed by atoms with Gasteiger partial charge in [-0.25, -0.2) is 8.42 Å². The van der Waals surface area contributed by atoms with Crippen molar-refractivity contribution in [3.8, 4) is 0 Å². The highest BCUT2D eigenvalue weighted by Crippen LogP contribution is 2.34. The fourth-order valence-electron chi connectivity index (χ4n) is 2.59. The number of sulfonamides is 1. The van der Waals surface area contributed by atoms with Gasteiger partial charge in [0.05, 0.1) is 18.0 Å². The van der Waals surface area contributed by atoms with Gasteiger partial charge >= 0.3 is 0 Å². The molecule has 1 aliphatic rings. The van der Waals surface area contributed by atoms with Crippen LogP contribution >= 0.6 is 0 Å². The summed E-state index contributed by atoms with van der Waals surface area (Å²) in [6, 6.07) is 3.62. The minimum Gasteiger partial charge on any atom is -0.351 e. The number of rotatable bonds is 5. The van der Waals surface area contributed by atoms with E-state index in [2.05, 4.69) is 10.3 Å². The zero-order valence-corrected chi connectivity index (χ0v) is 13.2. The van der Waals surface area contributed by atoms with Crippen LogP contribution in [0.25, 0.3) is 0 Å². The van der Waals surface area contributed by atoms with E-state index >= 15 is 0 Å². The van der Waals surface area contributed by atoms with Crippen molar-refractivity contribution in [1.82, 2.24) is 14.6 Å². The Hall–Kier alpha value is -1.47. The van der Waals surface area contributed by atoms with Gasteiger partial charge in [-0.2, -0.15) is 4.31 Å². The van der Waals surface area contributed by atoms with Gasteiger partial charge in [-0.15, -0.1) is 0 Å². The summed E-state index contributed by atoms with van der Waals surface area (Å²) in [6.45, 7) is 4.05. The molecule has 1 aromatic rings. The standard InChI is InChI=1S/C14H21N3O3S/c1-3-21(19,20)17-8-4-5-14(17)12-6-7-15-13(9-12)10-16-11(2)18/h6-7,9,14H,3-5,8,10H2,1-2H3,(H,16,18). The lowest BCUT2D eigenvalue weighted by molar-refractivity contribution is -0.119. The van der Waals surface area contributed by atoms with Crippen LogP contribution in [-0.4, -0.2) is 35.9 Å². The van der Waals surface area contributed by atoms with E-state index in [-0.39, 0.29) is 17.7 Å². The van der Waals surface area contributed by atoms with Crippen molar-refractivity contribution in [2.24, 2.45) is 0 Å². The quantitative estimate of drug-likeness (QED) is 0.886. The topological polar surface area (TPSA) is 79.4 Å². The number of aromatic nitrogens is 1. The van der Waals surface area contributed by atoms with E-state index in [1.807, 2.05) is 12.1 Å². The number of hydrogen-bond donors (Lipinski definition) is 1. The number of nitrogens with zero attached hydrogens (tertiary/aromatic N) is 2. The molecule has 1 atom stereocenters. The molecule has 1 aromatic heterocycles. The molecule has 7 heteroatoms. The summed E-state index contributed by atoms with van der Waals surface area (Å²) < 4.78 is 25.9. The van der Waals surface area contributed by atoms with Crippen molar-refractivity contribution in [2.45, 2.75) is 39.3 Å². The number of nitrogens with one attached hydrogen (secondary N) is 1. The maximum atomic E-state index is 12.1. The zero-order valence-electron chi connectivity index (χ0n) is 12.4. The Labute approximate surface area is 125 Å². The van der Waals surface area contributed by atoms with Gasteiger partial charge in [-0.3, -0.25) is 9.78 Å². The van der Waals surface area contributed by atoms with E-state index in [1.54, 1.807) is 17.4 Å². The van der Waals surface area contributed by atoms with Gasteiger partial charge in [0.1, 0.15) is 0 Å². The van der Waals surface area contributed by atoms with Crippen LogP contribution in [0.3, 0.4) is 0 Å². The molecular formula is C14H21N3O3S. The van der Waals surface area contributed by atoms with Gasteiger partial charge in [-0.1, -0.05) is 0 Å². The Bertz CT molecular complexity index is 616. The van der Waals surface area contributed by atoms with Crippen molar-refractivity contribution in [3.05, 3.63) is 29.6 Å². The van der Waals surface area contributed by atoms with Gasteiger partial charge in [0.25, 0.3) is 0 Å². The lowest BCUT2D eigenvalue weighted by atomic mass is 10.1. The van der Waals surface area contributed by atoms with Gasteiger partial charge in [0, 0.05) is 25.7 Å². The first-order chi connectivity index (χ1) is 9.94. The predicted octanol–water partition coefficient (Wildman–Crippen LogP) is 1.20. The third-order valence-corrected chi connectivity index (χ3v) is 5.55. The monoisotopic (exact) mass is 311 g/mol. The highest BCUT2D eigenvalue weighted by atomic mass is 32.2. The minimum atomic E-state index is -3.19. The molecule has 6 nitrogen and oxygen atoms in total. The molecule has 1 fully saturated rings. The third-order valence-electron chi connectivity index (χ3n) is 3.67. The van der Waals surface area contributed by atoms with Gasteiger partial charge < -0.3 is 5.32 Å². The van der Waals surface area contributed by atoms with Crippen LogP contribution in [-0.2, 0) is 21.4 Å².